The minimum absolute atomic E-state index is 0.0409. The molecular formula is C17H28Cl2N4O2. The quantitative estimate of drug-likeness (QED) is 0.657. The highest BCUT2D eigenvalue weighted by atomic mass is 35.5. The van der Waals surface area contributed by atoms with Gasteiger partial charge < -0.3 is 14.5 Å². The zero-order valence-corrected chi connectivity index (χ0v) is 17.6. The van der Waals surface area contributed by atoms with Crippen molar-refractivity contribution >= 4 is 35.1 Å². The highest BCUT2D eigenvalue weighted by Gasteiger charge is 2.31. The van der Waals surface area contributed by atoms with Gasteiger partial charge >= 0.3 is 6.09 Å². The van der Waals surface area contributed by atoms with Crippen LogP contribution in [0.4, 0.5) is 10.6 Å². The lowest BCUT2D eigenvalue weighted by Crippen LogP contribution is -2.55. The first-order valence-electron chi connectivity index (χ1n) is 8.52. The molecular weight excluding hydrogens is 363 g/mol. The van der Waals surface area contributed by atoms with Gasteiger partial charge in [0, 0.05) is 25.7 Å². The summed E-state index contributed by atoms with van der Waals surface area (Å²) in [5, 5.41) is 0.589. The van der Waals surface area contributed by atoms with Crippen molar-refractivity contribution in [3.63, 3.8) is 0 Å². The molecule has 0 bridgehead atoms. The molecule has 0 spiro atoms. The van der Waals surface area contributed by atoms with Gasteiger partial charge in [-0.15, -0.1) is 0 Å². The third-order valence-electron chi connectivity index (χ3n) is 3.46. The highest BCUT2D eigenvalue weighted by Crippen LogP contribution is 2.31. The minimum Gasteiger partial charge on any atom is -0.444 e. The summed E-state index contributed by atoms with van der Waals surface area (Å²) in [5.74, 6) is 1.18. The normalized spacial score (nSPS) is 17.7. The van der Waals surface area contributed by atoms with Gasteiger partial charge in [0.2, 0.25) is 0 Å². The van der Waals surface area contributed by atoms with Crippen molar-refractivity contribution < 1.29 is 9.53 Å². The van der Waals surface area contributed by atoms with Gasteiger partial charge in [-0.25, -0.2) is 14.8 Å². The first-order valence-corrected chi connectivity index (χ1v) is 9.28. The minimum atomic E-state index is -0.502. The Bertz CT molecular complexity index is 605. The summed E-state index contributed by atoms with van der Waals surface area (Å²) in [7, 11) is 0. The molecule has 1 aromatic rings. The van der Waals surface area contributed by atoms with Crippen molar-refractivity contribution in [2.45, 2.75) is 60.1 Å². The Balaban J connectivity index is 0.00000151. The van der Waals surface area contributed by atoms with E-state index in [1.165, 1.54) is 0 Å². The van der Waals surface area contributed by atoms with Gasteiger partial charge in [-0.2, -0.15) is 0 Å². The molecule has 2 rings (SSSR count). The second-order valence-electron chi connectivity index (χ2n) is 6.67. The van der Waals surface area contributed by atoms with Crippen LogP contribution in [0.3, 0.4) is 0 Å². The molecule has 25 heavy (non-hydrogen) atoms. The van der Waals surface area contributed by atoms with Crippen LogP contribution in [0.5, 0.6) is 0 Å². The van der Waals surface area contributed by atoms with E-state index in [1.54, 1.807) is 11.8 Å². The van der Waals surface area contributed by atoms with Gasteiger partial charge in [0.25, 0.3) is 0 Å². The van der Waals surface area contributed by atoms with Gasteiger partial charge in [0.15, 0.2) is 11.0 Å². The molecule has 1 atom stereocenters. The van der Waals surface area contributed by atoms with Crippen molar-refractivity contribution in [3.05, 3.63) is 16.0 Å². The number of carbonyl (C=O) groups excluding carboxylic acids is 1. The van der Waals surface area contributed by atoms with Crippen LogP contribution in [0.1, 0.15) is 47.4 Å². The second kappa shape index (κ2) is 8.90. The lowest BCUT2D eigenvalue weighted by atomic mass is 10.2. The molecule has 142 valence electrons. The molecule has 6 nitrogen and oxygen atoms in total. The van der Waals surface area contributed by atoms with Crippen molar-refractivity contribution in [1.82, 2.24) is 14.9 Å². The Labute approximate surface area is 160 Å². The smallest absolute Gasteiger partial charge is 0.410 e. The fourth-order valence-electron chi connectivity index (χ4n) is 2.47. The van der Waals surface area contributed by atoms with Gasteiger partial charge in [-0.05, 0) is 34.6 Å². The van der Waals surface area contributed by atoms with Crippen molar-refractivity contribution in [2.24, 2.45) is 0 Å². The molecule has 0 radical (unpaired) electrons. The summed E-state index contributed by atoms with van der Waals surface area (Å²) in [6.45, 7) is 15.0. The van der Waals surface area contributed by atoms with Crippen molar-refractivity contribution in [3.8, 4) is 0 Å². The number of anilines is 1. The first-order chi connectivity index (χ1) is 11.6. The monoisotopic (exact) mass is 390 g/mol. The molecule has 0 aliphatic carbocycles. The molecule has 1 saturated heterocycles. The summed E-state index contributed by atoms with van der Waals surface area (Å²) in [5.41, 5.74) is -0.502. The molecule has 0 saturated carbocycles. The summed E-state index contributed by atoms with van der Waals surface area (Å²) in [6.07, 6.45) is -0.299. The van der Waals surface area contributed by atoms with Crippen molar-refractivity contribution in [2.75, 3.05) is 24.5 Å². The molecule has 1 aliphatic rings. The molecule has 1 aromatic heterocycles. The topological polar surface area (TPSA) is 58.6 Å². The van der Waals surface area contributed by atoms with Crippen LogP contribution in [0, 0.1) is 6.92 Å². The number of piperazine rings is 1. The largest absolute Gasteiger partial charge is 0.444 e. The molecule has 1 aliphatic heterocycles. The first kappa shape index (κ1) is 21.8. The fourth-order valence-corrected chi connectivity index (χ4v) is 2.87. The molecule has 0 aromatic carbocycles. The van der Waals surface area contributed by atoms with Crippen LogP contribution in [-0.2, 0) is 4.74 Å². The van der Waals surface area contributed by atoms with Gasteiger partial charge in [0.1, 0.15) is 16.4 Å². The van der Waals surface area contributed by atoms with Crippen LogP contribution in [0.15, 0.2) is 0 Å². The zero-order valence-electron chi connectivity index (χ0n) is 16.1. The Morgan fingerprint density at radius 2 is 1.80 bits per heavy atom. The third-order valence-corrected chi connectivity index (χ3v) is 4.17. The summed E-state index contributed by atoms with van der Waals surface area (Å²) in [4.78, 5) is 24.4. The van der Waals surface area contributed by atoms with Gasteiger partial charge in [0.05, 0.1) is 0 Å². The van der Waals surface area contributed by atoms with Crippen LogP contribution in [0.25, 0.3) is 0 Å². The number of aryl methyl sites for hydroxylation is 1. The Morgan fingerprint density at radius 1 is 1.20 bits per heavy atom. The van der Waals surface area contributed by atoms with Crippen LogP contribution in [-0.4, -0.2) is 52.2 Å². The number of rotatable bonds is 1. The number of halogens is 2. The summed E-state index contributed by atoms with van der Waals surface area (Å²) in [6, 6.07) is 0.0409. The van der Waals surface area contributed by atoms with Crippen LogP contribution >= 0.6 is 23.2 Å². The number of aromatic nitrogens is 2. The van der Waals surface area contributed by atoms with E-state index >= 15 is 0 Å². The van der Waals surface area contributed by atoms with E-state index in [0.717, 1.165) is 0 Å². The molecule has 8 heteroatoms. The number of carbonyl (C=O) groups is 1. The number of nitrogens with zero attached hydrogens (tertiary/aromatic N) is 4. The maximum atomic E-state index is 12.2. The lowest BCUT2D eigenvalue weighted by molar-refractivity contribution is 0.0218. The molecule has 2 heterocycles. The predicted molar refractivity (Wildman–Crippen MR) is 103 cm³/mol. The number of ether oxygens (including phenoxy) is 1. The second-order valence-corrected chi connectivity index (χ2v) is 7.40. The Kier molecular flexibility index (Phi) is 7.75. The van der Waals surface area contributed by atoms with E-state index in [2.05, 4.69) is 9.97 Å². The summed E-state index contributed by atoms with van der Waals surface area (Å²) >= 11 is 12.3. The van der Waals surface area contributed by atoms with E-state index in [0.29, 0.717) is 36.3 Å². The predicted octanol–water partition coefficient (Wildman–Crippen LogP) is 4.56. The maximum Gasteiger partial charge on any atom is 0.410 e. The Hall–Kier alpha value is -1.27. The van der Waals surface area contributed by atoms with Gasteiger partial charge in [-0.1, -0.05) is 37.0 Å². The van der Waals surface area contributed by atoms with E-state index in [9.17, 15) is 4.79 Å². The molecule has 0 N–H and O–H groups in total. The highest BCUT2D eigenvalue weighted by molar-refractivity contribution is 6.42. The average molecular weight is 391 g/mol. The fraction of sp³-hybridized carbons (Fsp3) is 0.706. The molecule has 1 fully saturated rings. The van der Waals surface area contributed by atoms with Crippen LogP contribution in [0.2, 0.25) is 10.2 Å². The van der Waals surface area contributed by atoms with Gasteiger partial charge in [-0.3, -0.25) is 0 Å². The number of hydrogen-bond donors (Lipinski definition) is 0. The third kappa shape index (κ3) is 5.89. The zero-order chi connectivity index (χ0) is 19.4. The standard InChI is InChI=1S/C15H22Cl2N4O2.C2H6/c1-9-8-20(14(22)23-15(3,4)5)6-7-21(9)13-11(16)12(17)18-10(2)19-13;1-2/h9H,6-8H2,1-5H3;1-2H3. The Morgan fingerprint density at radius 3 is 2.32 bits per heavy atom. The molecule has 1 unspecified atom stereocenters. The van der Waals surface area contributed by atoms with E-state index < -0.39 is 5.60 Å². The van der Waals surface area contributed by atoms with Crippen molar-refractivity contribution in [1.29, 1.82) is 0 Å². The van der Waals surface area contributed by atoms with Crippen LogP contribution < -0.4 is 4.90 Å². The maximum absolute atomic E-state index is 12.2. The van der Waals surface area contributed by atoms with E-state index in [4.69, 9.17) is 27.9 Å². The van der Waals surface area contributed by atoms with E-state index in [-0.39, 0.29) is 17.3 Å². The average Bonchev–Trinajstić information content (AvgIpc) is 2.51. The lowest BCUT2D eigenvalue weighted by Gasteiger charge is -2.41. The molecule has 1 amide bonds. The SMILES string of the molecule is CC.Cc1nc(Cl)c(Cl)c(N2CCN(C(=O)OC(C)(C)C)CC2C)n1. The summed E-state index contributed by atoms with van der Waals surface area (Å²) < 4.78 is 5.42. The van der Waals surface area contributed by atoms with E-state index in [1.807, 2.05) is 46.4 Å². The number of amides is 1. The number of hydrogen-bond acceptors (Lipinski definition) is 5.